The highest BCUT2D eigenvalue weighted by atomic mass is 19.4. The van der Waals surface area contributed by atoms with Crippen LogP contribution < -0.4 is 0 Å². The molecule has 0 aromatic heterocycles. The lowest BCUT2D eigenvalue weighted by Gasteiger charge is -2.30. The Morgan fingerprint density at radius 1 is 0.600 bits per heavy atom. The van der Waals surface area contributed by atoms with Crippen molar-refractivity contribution in [1.29, 1.82) is 0 Å². The molecule has 2 nitrogen and oxygen atoms in total. The maximum atomic E-state index is 13.0. The Labute approximate surface area is 128 Å². The molecule has 0 rings (SSSR count). The van der Waals surface area contributed by atoms with Gasteiger partial charge in [-0.25, -0.2) is 0 Å². The average Bonchev–Trinajstić information content (AvgIpc) is 2.34. The molecule has 0 aliphatic heterocycles. The minimum atomic E-state index is -7.14. The van der Waals surface area contributed by atoms with Crippen LogP contribution in [0.15, 0.2) is 0 Å². The molecule has 0 aliphatic rings. The zero-order valence-electron chi connectivity index (χ0n) is 11.4. The predicted octanol–water partition coefficient (Wildman–Crippen LogP) is 4.27. The zero-order valence-corrected chi connectivity index (χ0v) is 11.4. The Hall–Kier alpha value is -1.57. The fourth-order valence-electron chi connectivity index (χ4n) is 1.17. The van der Waals surface area contributed by atoms with Crippen molar-refractivity contribution < 1.29 is 66.7 Å². The second-order valence-electron chi connectivity index (χ2n) is 4.71. The minimum absolute atomic E-state index is 0.817. The molecule has 0 fully saturated rings. The first-order chi connectivity index (χ1) is 10.5. The molecule has 0 radical (unpaired) electrons. The van der Waals surface area contributed by atoms with E-state index in [1.807, 2.05) is 0 Å². The highest BCUT2D eigenvalue weighted by molar-refractivity contribution is 6.05. The van der Waals surface area contributed by atoms with Crippen LogP contribution in [-0.2, 0) is 9.59 Å². The van der Waals surface area contributed by atoms with Crippen LogP contribution in [0.3, 0.4) is 0 Å². The van der Waals surface area contributed by atoms with E-state index in [0.29, 0.717) is 0 Å². The van der Waals surface area contributed by atoms with Crippen LogP contribution in [0.25, 0.3) is 0 Å². The van der Waals surface area contributed by atoms with Gasteiger partial charge in [0.05, 0.1) is 6.42 Å². The van der Waals surface area contributed by atoms with Gasteiger partial charge in [-0.15, -0.1) is 0 Å². The summed E-state index contributed by atoms with van der Waals surface area (Å²) in [6, 6.07) is 0. The van der Waals surface area contributed by atoms with E-state index in [0.717, 1.165) is 0 Å². The van der Waals surface area contributed by atoms with E-state index in [1.165, 1.54) is 0 Å². The van der Waals surface area contributed by atoms with Gasteiger partial charge in [-0.05, 0) is 0 Å². The Bertz CT molecular complexity index is 492. The number of rotatable bonds is 7. The largest absolute Gasteiger partial charge is 0.460 e. The van der Waals surface area contributed by atoms with Gasteiger partial charge in [0.1, 0.15) is 0 Å². The number of carbonyl (C=O) groups excluding carboxylic acids is 2. The topological polar surface area (TPSA) is 34.1 Å². The number of halogens is 13. The lowest BCUT2D eigenvalue weighted by Crippen LogP contribution is -2.59. The first kappa shape index (κ1) is 23.4. The van der Waals surface area contributed by atoms with Crippen molar-refractivity contribution in [3.8, 4) is 0 Å². The molecule has 0 aromatic rings. The van der Waals surface area contributed by atoms with Crippen molar-refractivity contribution in [3.63, 3.8) is 0 Å². The minimum Gasteiger partial charge on any atom is -0.292 e. The summed E-state index contributed by atoms with van der Waals surface area (Å²) in [6.45, 7) is -0.817. The van der Waals surface area contributed by atoms with Crippen molar-refractivity contribution in [2.75, 3.05) is 0 Å². The van der Waals surface area contributed by atoms with Crippen molar-refractivity contribution in [1.82, 2.24) is 0 Å². The van der Waals surface area contributed by atoms with Crippen LogP contribution in [0.4, 0.5) is 57.1 Å². The monoisotopic (exact) mass is 404 g/mol. The molecular weight excluding hydrogens is 399 g/mol. The molecule has 0 saturated carbocycles. The molecule has 0 aromatic carbocycles. The summed E-state index contributed by atoms with van der Waals surface area (Å²) in [5.41, 5.74) is 0. The van der Waals surface area contributed by atoms with Gasteiger partial charge in [-0.2, -0.15) is 57.1 Å². The maximum Gasteiger partial charge on any atom is 0.460 e. The standard InChI is InChI=1S/C10H5F13O2/c1-5(11,12)8(17,18)6(13,14)3(24)2-4(25)7(15,16)9(19,20)10(21,22)23/h2H2,1H3. The maximum absolute atomic E-state index is 13.0. The molecule has 0 bridgehead atoms. The Morgan fingerprint density at radius 3 is 1.12 bits per heavy atom. The Balaban J connectivity index is 5.68. The van der Waals surface area contributed by atoms with Gasteiger partial charge < -0.3 is 0 Å². The summed E-state index contributed by atoms with van der Waals surface area (Å²) >= 11 is 0. The van der Waals surface area contributed by atoms with Crippen molar-refractivity contribution in [2.45, 2.75) is 49.1 Å². The normalized spacial score (nSPS) is 15.3. The van der Waals surface area contributed by atoms with Crippen LogP contribution in [0.2, 0.25) is 0 Å². The smallest absolute Gasteiger partial charge is 0.292 e. The van der Waals surface area contributed by atoms with Crippen LogP contribution in [0.5, 0.6) is 0 Å². The van der Waals surface area contributed by atoms with Crippen molar-refractivity contribution in [2.24, 2.45) is 0 Å². The highest BCUT2D eigenvalue weighted by Crippen LogP contribution is 2.49. The number of Topliss-reactive ketones (excluding diaryl/α,β-unsaturated/α-hetero) is 2. The molecule has 0 amide bonds. The van der Waals surface area contributed by atoms with E-state index in [1.54, 1.807) is 0 Å². The highest BCUT2D eigenvalue weighted by Gasteiger charge is 2.77. The number of carbonyl (C=O) groups is 2. The molecule has 25 heavy (non-hydrogen) atoms. The molecule has 0 heterocycles. The molecule has 0 spiro atoms. The lowest BCUT2D eigenvalue weighted by atomic mass is 9.95. The quantitative estimate of drug-likeness (QED) is 0.469. The van der Waals surface area contributed by atoms with Crippen LogP contribution in [0, 0.1) is 0 Å². The fourth-order valence-corrected chi connectivity index (χ4v) is 1.17. The molecule has 0 aliphatic carbocycles. The average molecular weight is 404 g/mol. The van der Waals surface area contributed by atoms with Gasteiger partial charge >= 0.3 is 35.8 Å². The van der Waals surface area contributed by atoms with E-state index in [-0.39, 0.29) is 0 Å². The van der Waals surface area contributed by atoms with Gasteiger partial charge in [-0.1, -0.05) is 0 Å². The zero-order chi connectivity index (χ0) is 20.9. The van der Waals surface area contributed by atoms with Gasteiger partial charge in [0.2, 0.25) is 11.6 Å². The van der Waals surface area contributed by atoms with E-state index < -0.39 is 60.7 Å². The molecule has 0 unspecified atom stereocenters. The van der Waals surface area contributed by atoms with Gasteiger partial charge in [-0.3, -0.25) is 9.59 Å². The molecule has 15 heteroatoms. The summed E-state index contributed by atoms with van der Waals surface area (Å²) in [6.07, 6.45) is -10.4. The third kappa shape index (κ3) is 3.68. The summed E-state index contributed by atoms with van der Waals surface area (Å²) in [4.78, 5) is 21.4. The molecule has 0 saturated heterocycles. The lowest BCUT2D eigenvalue weighted by molar-refractivity contribution is -0.343. The van der Waals surface area contributed by atoms with Gasteiger partial charge in [0.25, 0.3) is 0 Å². The predicted molar refractivity (Wildman–Crippen MR) is 51.1 cm³/mol. The number of alkyl halides is 13. The number of hydrogen-bond acceptors (Lipinski definition) is 2. The third-order valence-corrected chi connectivity index (χ3v) is 2.72. The van der Waals surface area contributed by atoms with Crippen LogP contribution in [-0.4, -0.2) is 47.4 Å². The second-order valence-corrected chi connectivity index (χ2v) is 4.71. The first-order valence-corrected chi connectivity index (χ1v) is 5.57. The Morgan fingerprint density at radius 2 is 0.880 bits per heavy atom. The van der Waals surface area contributed by atoms with E-state index in [9.17, 15) is 66.7 Å². The van der Waals surface area contributed by atoms with Crippen LogP contribution >= 0.6 is 0 Å². The summed E-state index contributed by atoms with van der Waals surface area (Å²) in [5.74, 6) is -40.1. The van der Waals surface area contributed by atoms with E-state index in [2.05, 4.69) is 0 Å². The third-order valence-electron chi connectivity index (χ3n) is 2.72. The fraction of sp³-hybridized carbons (Fsp3) is 0.800. The van der Waals surface area contributed by atoms with Gasteiger partial charge in [0, 0.05) is 6.92 Å². The van der Waals surface area contributed by atoms with E-state index >= 15 is 0 Å². The second kappa shape index (κ2) is 6.00. The molecule has 0 N–H and O–H groups in total. The Kier molecular flexibility index (Phi) is 5.62. The van der Waals surface area contributed by atoms with E-state index in [4.69, 9.17) is 0 Å². The molecule has 0 atom stereocenters. The molecular formula is C10H5F13O2. The number of ketones is 2. The summed E-state index contributed by atoms with van der Waals surface area (Å²) < 4.78 is 162. The summed E-state index contributed by atoms with van der Waals surface area (Å²) in [5, 5.41) is 0. The summed E-state index contributed by atoms with van der Waals surface area (Å²) in [7, 11) is 0. The number of hydrogen-bond donors (Lipinski definition) is 0. The van der Waals surface area contributed by atoms with Crippen molar-refractivity contribution >= 4 is 11.6 Å². The van der Waals surface area contributed by atoms with Gasteiger partial charge in [0.15, 0.2) is 0 Å². The van der Waals surface area contributed by atoms with Crippen LogP contribution in [0.1, 0.15) is 13.3 Å². The first-order valence-electron chi connectivity index (χ1n) is 5.57. The SMILES string of the molecule is CC(F)(F)C(F)(F)C(F)(F)C(=O)CC(=O)C(F)(F)C(F)(F)C(F)(F)F. The van der Waals surface area contributed by atoms with Crippen molar-refractivity contribution in [3.05, 3.63) is 0 Å². The molecule has 148 valence electrons.